The third-order valence-electron chi connectivity index (χ3n) is 2.55. The second kappa shape index (κ2) is 4.21. The van der Waals surface area contributed by atoms with E-state index in [9.17, 15) is 4.79 Å². The highest BCUT2D eigenvalue weighted by Gasteiger charge is 2.18. The van der Waals surface area contributed by atoms with Crippen molar-refractivity contribution in [3.05, 3.63) is 29.8 Å². The summed E-state index contributed by atoms with van der Waals surface area (Å²) in [6.45, 7) is 2.27. The van der Waals surface area contributed by atoms with E-state index in [1.807, 2.05) is 12.1 Å². The van der Waals surface area contributed by atoms with Gasteiger partial charge in [-0.15, -0.1) is 0 Å². The van der Waals surface area contributed by atoms with E-state index < -0.39 is 0 Å². The third-order valence-corrected chi connectivity index (χ3v) is 2.55. The standard InChI is InChI=1S/C11H14N2O2/c14-10-3-1-9(2-4-10)5-7-13-8-6-12-11(13)15/h1-4,14H,5-8H2,(H,12,15). The van der Waals surface area contributed by atoms with Crippen LogP contribution in [0.3, 0.4) is 0 Å². The molecule has 1 saturated heterocycles. The van der Waals surface area contributed by atoms with Crippen molar-refractivity contribution < 1.29 is 9.90 Å². The van der Waals surface area contributed by atoms with Crippen LogP contribution in [0.5, 0.6) is 5.75 Å². The van der Waals surface area contributed by atoms with E-state index in [0.717, 1.165) is 31.6 Å². The van der Waals surface area contributed by atoms with Crippen molar-refractivity contribution in [1.29, 1.82) is 0 Å². The van der Waals surface area contributed by atoms with Crippen LogP contribution in [-0.4, -0.2) is 35.7 Å². The maximum Gasteiger partial charge on any atom is 0.317 e. The van der Waals surface area contributed by atoms with Crippen molar-refractivity contribution in [2.75, 3.05) is 19.6 Å². The molecule has 0 aromatic heterocycles. The highest BCUT2D eigenvalue weighted by atomic mass is 16.3. The Morgan fingerprint density at radius 3 is 2.67 bits per heavy atom. The zero-order valence-electron chi connectivity index (χ0n) is 8.44. The topological polar surface area (TPSA) is 52.6 Å². The van der Waals surface area contributed by atoms with Crippen LogP contribution < -0.4 is 5.32 Å². The Balaban J connectivity index is 1.87. The van der Waals surface area contributed by atoms with Gasteiger partial charge < -0.3 is 15.3 Å². The average Bonchev–Trinajstić information content (AvgIpc) is 2.63. The Morgan fingerprint density at radius 1 is 1.33 bits per heavy atom. The molecule has 2 amide bonds. The van der Waals surface area contributed by atoms with Crippen LogP contribution in [0, 0.1) is 0 Å². The molecule has 0 aliphatic carbocycles. The zero-order chi connectivity index (χ0) is 10.7. The van der Waals surface area contributed by atoms with E-state index in [-0.39, 0.29) is 11.8 Å². The minimum absolute atomic E-state index is 0.0220. The SMILES string of the molecule is O=C1NCCN1CCc1ccc(O)cc1. The van der Waals surface area contributed by atoms with E-state index in [4.69, 9.17) is 5.11 Å². The van der Waals surface area contributed by atoms with Crippen LogP contribution in [-0.2, 0) is 6.42 Å². The van der Waals surface area contributed by atoms with Crippen LogP contribution in [0.15, 0.2) is 24.3 Å². The minimum Gasteiger partial charge on any atom is -0.508 e. The Bertz CT molecular complexity index is 348. The highest BCUT2D eigenvalue weighted by molar-refractivity contribution is 5.76. The summed E-state index contributed by atoms with van der Waals surface area (Å²) in [6, 6.07) is 7.11. The van der Waals surface area contributed by atoms with Gasteiger partial charge >= 0.3 is 6.03 Å². The minimum atomic E-state index is 0.0220. The summed E-state index contributed by atoms with van der Waals surface area (Å²) in [5, 5.41) is 11.9. The molecule has 2 N–H and O–H groups in total. The van der Waals surface area contributed by atoms with Gasteiger partial charge in [-0.3, -0.25) is 0 Å². The molecule has 1 aromatic carbocycles. The van der Waals surface area contributed by atoms with Crippen molar-refractivity contribution in [2.24, 2.45) is 0 Å². The van der Waals surface area contributed by atoms with Crippen LogP contribution >= 0.6 is 0 Å². The number of carbonyl (C=O) groups is 1. The fourth-order valence-electron chi connectivity index (χ4n) is 1.65. The Kier molecular flexibility index (Phi) is 2.76. The number of rotatable bonds is 3. The second-order valence-electron chi connectivity index (χ2n) is 3.64. The Labute approximate surface area is 88.5 Å². The summed E-state index contributed by atoms with van der Waals surface area (Å²) >= 11 is 0. The normalized spacial score (nSPS) is 15.5. The van der Waals surface area contributed by atoms with Gasteiger partial charge in [0.25, 0.3) is 0 Å². The van der Waals surface area contributed by atoms with Gasteiger partial charge in [0.1, 0.15) is 5.75 Å². The number of hydrogen-bond donors (Lipinski definition) is 2. The number of amides is 2. The molecule has 15 heavy (non-hydrogen) atoms. The van der Waals surface area contributed by atoms with Crippen LogP contribution in [0.4, 0.5) is 4.79 Å². The molecule has 0 bridgehead atoms. The van der Waals surface area contributed by atoms with Gasteiger partial charge in [-0.05, 0) is 24.1 Å². The summed E-state index contributed by atoms with van der Waals surface area (Å²) in [7, 11) is 0. The lowest BCUT2D eigenvalue weighted by atomic mass is 10.1. The number of phenolic OH excluding ortho intramolecular Hbond substituents is 1. The van der Waals surface area contributed by atoms with Gasteiger partial charge in [-0.25, -0.2) is 4.79 Å². The Hall–Kier alpha value is -1.71. The molecule has 0 spiro atoms. The predicted octanol–water partition coefficient (Wildman–Crippen LogP) is 0.960. The average molecular weight is 206 g/mol. The molecule has 4 heteroatoms. The van der Waals surface area contributed by atoms with Gasteiger partial charge in [-0.2, -0.15) is 0 Å². The fourth-order valence-corrected chi connectivity index (χ4v) is 1.65. The number of nitrogens with zero attached hydrogens (tertiary/aromatic N) is 1. The van der Waals surface area contributed by atoms with Crippen LogP contribution in [0.25, 0.3) is 0 Å². The van der Waals surface area contributed by atoms with Crippen molar-refractivity contribution >= 4 is 6.03 Å². The van der Waals surface area contributed by atoms with Crippen molar-refractivity contribution in [1.82, 2.24) is 10.2 Å². The van der Waals surface area contributed by atoms with Gasteiger partial charge in [0.05, 0.1) is 0 Å². The molecule has 4 nitrogen and oxygen atoms in total. The maximum absolute atomic E-state index is 11.2. The van der Waals surface area contributed by atoms with Crippen molar-refractivity contribution in [3.8, 4) is 5.75 Å². The van der Waals surface area contributed by atoms with Crippen molar-refractivity contribution in [2.45, 2.75) is 6.42 Å². The summed E-state index contributed by atoms with van der Waals surface area (Å²) in [4.78, 5) is 13.0. The first-order valence-corrected chi connectivity index (χ1v) is 5.06. The molecular weight excluding hydrogens is 192 g/mol. The molecule has 1 aliphatic rings. The number of aromatic hydroxyl groups is 1. The highest BCUT2D eigenvalue weighted by Crippen LogP contribution is 2.10. The number of hydrogen-bond acceptors (Lipinski definition) is 2. The van der Waals surface area contributed by atoms with Crippen molar-refractivity contribution in [3.63, 3.8) is 0 Å². The lowest BCUT2D eigenvalue weighted by Crippen LogP contribution is -2.29. The predicted molar refractivity (Wildman–Crippen MR) is 56.8 cm³/mol. The van der Waals surface area contributed by atoms with E-state index >= 15 is 0 Å². The summed E-state index contributed by atoms with van der Waals surface area (Å²) in [5.41, 5.74) is 1.13. The number of benzene rings is 1. The molecule has 80 valence electrons. The first kappa shape index (κ1) is 9.83. The van der Waals surface area contributed by atoms with Gasteiger partial charge in [-0.1, -0.05) is 12.1 Å². The van der Waals surface area contributed by atoms with E-state index in [1.54, 1.807) is 17.0 Å². The van der Waals surface area contributed by atoms with Gasteiger partial charge in [0, 0.05) is 19.6 Å². The first-order chi connectivity index (χ1) is 7.25. The summed E-state index contributed by atoms with van der Waals surface area (Å²) in [5.74, 6) is 0.276. The first-order valence-electron chi connectivity index (χ1n) is 5.06. The molecule has 2 rings (SSSR count). The largest absolute Gasteiger partial charge is 0.508 e. The van der Waals surface area contributed by atoms with E-state index in [1.165, 1.54) is 0 Å². The third kappa shape index (κ3) is 2.40. The van der Waals surface area contributed by atoms with Gasteiger partial charge in [0.2, 0.25) is 0 Å². The van der Waals surface area contributed by atoms with Gasteiger partial charge in [0.15, 0.2) is 0 Å². The van der Waals surface area contributed by atoms with E-state index in [0.29, 0.717) is 0 Å². The second-order valence-corrected chi connectivity index (χ2v) is 3.64. The molecule has 1 aromatic rings. The molecule has 1 aliphatic heterocycles. The zero-order valence-corrected chi connectivity index (χ0v) is 8.44. The van der Waals surface area contributed by atoms with E-state index in [2.05, 4.69) is 5.32 Å². The molecule has 0 radical (unpaired) electrons. The maximum atomic E-state index is 11.2. The molecule has 1 fully saturated rings. The number of urea groups is 1. The lowest BCUT2D eigenvalue weighted by molar-refractivity contribution is 0.218. The summed E-state index contributed by atoms with van der Waals surface area (Å²) in [6.07, 6.45) is 0.827. The number of phenols is 1. The molecule has 1 heterocycles. The van der Waals surface area contributed by atoms with Crippen LogP contribution in [0.2, 0.25) is 0 Å². The van der Waals surface area contributed by atoms with Crippen LogP contribution in [0.1, 0.15) is 5.56 Å². The molecule has 0 atom stereocenters. The lowest BCUT2D eigenvalue weighted by Gasteiger charge is -2.13. The number of nitrogens with one attached hydrogen (secondary N) is 1. The fraction of sp³-hybridized carbons (Fsp3) is 0.364. The molecular formula is C11H14N2O2. The quantitative estimate of drug-likeness (QED) is 0.774. The smallest absolute Gasteiger partial charge is 0.317 e. The number of carbonyl (C=O) groups excluding carboxylic acids is 1. The monoisotopic (exact) mass is 206 g/mol. The molecule has 0 unspecified atom stereocenters. The Morgan fingerprint density at radius 2 is 2.07 bits per heavy atom. The molecule has 0 saturated carbocycles. The summed E-state index contributed by atoms with van der Waals surface area (Å²) < 4.78 is 0.